The number of amides is 1. The van der Waals surface area contributed by atoms with E-state index in [0.717, 1.165) is 6.54 Å². The number of nitrogens with two attached hydrogens (primary N) is 2. The third-order valence-corrected chi connectivity index (χ3v) is 4.80. The Morgan fingerprint density at radius 2 is 2.00 bits per heavy atom. The number of Topliss-reactive ketones (excluding diaryl/α,β-unsaturated/α-hetero) is 1. The number of hydrogen-bond donors (Lipinski definition) is 3. The highest BCUT2D eigenvalue weighted by molar-refractivity contribution is 7.19. The van der Waals surface area contributed by atoms with E-state index in [2.05, 4.69) is 5.32 Å². The summed E-state index contributed by atoms with van der Waals surface area (Å²) < 4.78 is 0. The maximum Gasteiger partial charge on any atom is 0.253 e. The van der Waals surface area contributed by atoms with Crippen LogP contribution < -0.4 is 16.8 Å². The molecule has 1 aromatic rings. The first-order valence-electron chi connectivity index (χ1n) is 6.47. The minimum absolute atomic E-state index is 0.140. The largest absolute Gasteiger partial charge is 0.397 e. The van der Waals surface area contributed by atoms with Gasteiger partial charge in [-0.3, -0.25) is 9.59 Å². The van der Waals surface area contributed by atoms with Crippen LogP contribution in [-0.4, -0.2) is 18.2 Å². The molecule has 2 rings (SSSR count). The summed E-state index contributed by atoms with van der Waals surface area (Å²) in [5, 5.41) is 3.87. The molecule has 0 aromatic carbocycles. The molecule has 0 spiro atoms. The highest BCUT2D eigenvalue weighted by Crippen LogP contribution is 2.36. The molecule has 0 unspecified atom stereocenters. The molecule has 5 N–H and O–H groups in total. The number of thiophene rings is 1. The Bertz CT molecular complexity index is 504. The molecule has 0 bridgehead atoms. The van der Waals surface area contributed by atoms with Gasteiger partial charge in [-0.15, -0.1) is 11.3 Å². The van der Waals surface area contributed by atoms with Crippen LogP contribution in [0.5, 0.6) is 0 Å². The van der Waals surface area contributed by atoms with E-state index in [0.29, 0.717) is 15.8 Å². The lowest BCUT2D eigenvalue weighted by Crippen LogP contribution is -2.17. The van der Waals surface area contributed by atoms with Crippen molar-refractivity contribution in [1.29, 1.82) is 0 Å². The van der Waals surface area contributed by atoms with E-state index in [1.807, 2.05) is 0 Å². The number of rotatable bonds is 5. The molecule has 0 saturated heterocycles. The molecule has 5 nitrogen and oxygen atoms in total. The van der Waals surface area contributed by atoms with E-state index < -0.39 is 5.91 Å². The van der Waals surface area contributed by atoms with Crippen LogP contribution in [0.3, 0.4) is 0 Å². The SMILES string of the molecule is CC(=O)c1sc(NCC2CCCC2)c(C(N)=O)c1N. The van der Waals surface area contributed by atoms with Crippen LogP contribution in [0.1, 0.15) is 52.6 Å². The van der Waals surface area contributed by atoms with Gasteiger partial charge in [-0.05, 0) is 18.8 Å². The van der Waals surface area contributed by atoms with Crippen LogP contribution in [0, 0.1) is 5.92 Å². The summed E-state index contributed by atoms with van der Waals surface area (Å²) in [6.45, 7) is 2.24. The van der Waals surface area contributed by atoms with Crippen molar-refractivity contribution in [3.05, 3.63) is 10.4 Å². The molecule has 1 amide bonds. The number of ketones is 1. The zero-order valence-electron chi connectivity index (χ0n) is 11.0. The van der Waals surface area contributed by atoms with Crippen molar-refractivity contribution in [2.75, 3.05) is 17.6 Å². The molecule has 19 heavy (non-hydrogen) atoms. The van der Waals surface area contributed by atoms with Gasteiger partial charge in [0.25, 0.3) is 5.91 Å². The third kappa shape index (κ3) is 2.89. The first kappa shape index (κ1) is 13.9. The van der Waals surface area contributed by atoms with Gasteiger partial charge in [-0.2, -0.15) is 0 Å². The average molecular weight is 281 g/mol. The molecule has 1 aliphatic carbocycles. The molecule has 1 aliphatic rings. The van der Waals surface area contributed by atoms with Gasteiger partial charge in [0.2, 0.25) is 0 Å². The van der Waals surface area contributed by atoms with Gasteiger partial charge in [0, 0.05) is 13.5 Å². The molecule has 0 radical (unpaired) electrons. The predicted octanol–water partition coefficient (Wildman–Crippen LogP) is 2.23. The Hall–Kier alpha value is -1.56. The highest BCUT2D eigenvalue weighted by Gasteiger charge is 2.23. The lowest BCUT2D eigenvalue weighted by molar-refractivity contribution is 0.100. The van der Waals surface area contributed by atoms with Crippen molar-refractivity contribution < 1.29 is 9.59 Å². The van der Waals surface area contributed by atoms with Gasteiger partial charge in [0.15, 0.2) is 5.78 Å². The van der Waals surface area contributed by atoms with Gasteiger partial charge in [0.05, 0.1) is 16.1 Å². The Morgan fingerprint density at radius 1 is 1.37 bits per heavy atom. The summed E-state index contributed by atoms with van der Waals surface area (Å²) in [5.74, 6) is -0.0982. The van der Waals surface area contributed by atoms with E-state index >= 15 is 0 Å². The summed E-state index contributed by atoms with van der Waals surface area (Å²) in [5.41, 5.74) is 11.7. The smallest absolute Gasteiger partial charge is 0.253 e. The number of nitrogens with one attached hydrogen (secondary N) is 1. The quantitative estimate of drug-likeness (QED) is 0.721. The Balaban J connectivity index is 2.20. The van der Waals surface area contributed by atoms with Crippen molar-refractivity contribution in [2.24, 2.45) is 11.7 Å². The van der Waals surface area contributed by atoms with Crippen molar-refractivity contribution >= 4 is 33.7 Å². The number of anilines is 2. The Labute approximate surface area is 116 Å². The van der Waals surface area contributed by atoms with Crippen LogP contribution in [0.15, 0.2) is 0 Å². The minimum atomic E-state index is -0.588. The molecular weight excluding hydrogens is 262 g/mol. The number of carbonyl (C=O) groups excluding carboxylic acids is 2. The molecule has 0 atom stereocenters. The van der Waals surface area contributed by atoms with E-state index in [9.17, 15) is 9.59 Å². The van der Waals surface area contributed by atoms with Crippen LogP contribution in [-0.2, 0) is 0 Å². The average Bonchev–Trinajstić information content (AvgIpc) is 2.93. The van der Waals surface area contributed by atoms with E-state index in [4.69, 9.17) is 11.5 Å². The summed E-state index contributed by atoms with van der Waals surface area (Å²) in [6, 6.07) is 0. The van der Waals surface area contributed by atoms with Gasteiger partial charge < -0.3 is 16.8 Å². The molecule has 1 heterocycles. The lowest BCUT2D eigenvalue weighted by Gasteiger charge is -2.11. The van der Waals surface area contributed by atoms with E-state index in [1.165, 1.54) is 43.9 Å². The van der Waals surface area contributed by atoms with Crippen molar-refractivity contribution in [3.8, 4) is 0 Å². The fourth-order valence-corrected chi connectivity index (χ4v) is 3.55. The van der Waals surface area contributed by atoms with Crippen molar-refractivity contribution in [2.45, 2.75) is 32.6 Å². The third-order valence-electron chi connectivity index (χ3n) is 3.54. The topological polar surface area (TPSA) is 98.2 Å². The monoisotopic (exact) mass is 281 g/mol. The highest BCUT2D eigenvalue weighted by atomic mass is 32.1. The summed E-state index contributed by atoms with van der Waals surface area (Å²) >= 11 is 1.22. The van der Waals surface area contributed by atoms with Crippen molar-refractivity contribution in [1.82, 2.24) is 0 Å². The molecule has 1 aromatic heterocycles. The van der Waals surface area contributed by atoms with Crippen LogP contribution >= 0.6 is 11.3 Å². The minimum Gasteiger partial charge on any atom is -0.397 e. The number of nitrogen functional groups attached to an aromatic ring is 1. The van der Waals surface area contributed by atoms with Gasteiger partial charge in [0.1, 0.15) is 5.00 Å². The summed E-state index contributed by atoms with van der Waals surface area (Å²) in [4.78, 5) is 23.3. The Kier molecular flexibility index (Phi) is 4.09. The second kappa shape index (κ2) is 5.61. The van der Waals surface area contributed by atoms with Crippen LogP contribution in [0.4, 0.5) is 10.7 Å². The number of hydrogen-bond acceptors (Lipinski definition) is 5. The normalized spacial score (nSPS) is 15.6. The fraction of sp³-hybridized carbons (Fsp3) is 0.538. The summed E-state index contributed by atoms with van der Waals surface area (Å²) in [6.07, 6.45) is 4.94. The molecule has 1 fully saturated rings. The molecule has 104 valence electrons. The lowest BCUT2D eigenvalue weighted by atomic mass is 10.1. The number of primary amides is 1. The van der Waals surface area contributed by atoms with Gasteiger partial charge >= 0.3 is 0 Å². The van der Waals surface area contributed by atoms with E-state index in [-0.39, 0.29) is 17.0 Å². The molecule has 6 heteroatoms. The first-order chi connectivity index (χ1) is 9.00. The first-order valence-corrected chi connectivity index (χ1v) is 7.29. The summed E-state index contributed by atoms with van der Waals surface area (Å²) in [7, 11) is 0. The maximum absolute atomic E-state index is 11.5. The fourth-order valence-electron chi connectivity index (χ4n) is 2.53. The zero-order valence-corrected chi connectivity index (χ0v) is 11.8. The zero-order chi connectivity index (χ0) is 14.0. The van der Waals surface area contributed by atoms with Crippen LogP contribution in [0.2, 0.25) is 0 Å². The second-order valence-corrected chi connectivity index (χ2v) is 6.02. The Morgan fingerprint density at radius 3 is 2.53 bits per heavy atom. The van der Waals surface area contributed by atoms with Gasteiger partial charge in [-0.25, -0.2) is 0 Å². The van der Waals surface area contributed by atoms with Crippen LogP contribution in [0.25, 0.3) is 0 Å². The van der Waals surface area contributed by atoms with E-state index in [1.54, 1.807) is 0 Å². The maximum atomic E-state index is 11.5. The standard InChI is InChI=1S/C13H19N3O2S/c1-7(17)11-10(14)9(12(15)18)13(19-11)16-6-8-4-2-3-5-8/h8,16H,2-6,14H2,1H3,(H2,15,18). The number of carbonyl (C=O) groups is 2. The predicted molar refractivity (Wildman–Crippen MR) is 77.7 cm³/mol. The van der Waals surface area contributed by atoms with Crippen molar-refractivity contribution in [3.63, 3.8) is 0 Å². The van der Waals surface area contributed by atoms with Gasteiger partial charge in [-0.1, -0.05) is 12.8 Å². The molecule has 1 saturated carbocycles. The molecule has 0 aliphatic heterocycles. The molecular formula is C13H19N3O2S. The second-order valence-electron chi connectivity index (χ2n) is 5.00.